The highest BCUT2D eigenvalue weighted by Gasteiger charge is 2.26. The lowest BCUT2D eigenvalue weighted by molar-refractivity contribution is -0.110. The molecule has 0 saturated heterocycles. The molecular weight excluding hydrogens is 192 g/mol. The zero-order valence-electron chi connectivity index (χ0n) is 7.69. The van der Waals surface area contributed by atoms with Gasteiger partial charge in [0.25, 0.3) is 0 Å². The van der Waals surface area contributed by atoms with Gasteiger partial charge < -0.3 is 4.42 Å². The number of para-hydroxylation sites is 1. The van der Waals surface area contributed by atoms with Crippen LogP contribution in [0.5, 0.6) is 0 Å². The van der Waals surface area contributed by atoms with E-state index in [9.17, 15) is 9.59 Å². The van der Waals surface area contributed by atoms with E-state index in [-0.39, 0.29) is 0 Å². The fraction of sp³-hybridized carbons (Fsp3) is 0. The van der Waals surface area contributed by atoms with Gasteiger partial charge in [-0.25, -0.2) is 0 Å². The number of carbonyl (C=O) groups is 2. The van der Waals surface area contributed by atoms with Gasteiger partial charge in [0.2, 0.25) is 11.6 Å². The first kappa shape index (κ1) is 8.17. The van der Waals surface area contributed by atoms with Gasteiger partial charge in [-0.2, -0.15) is 0 Å². The van der Waals surface area contributed by atoms with E-state index in [2.05, 4.69) is 0 Å². The van der Waals surface area contributed by atoms with Crippen LogP contribution in [0, 0.1) is 0 Å². The van der Waals surface area contributed by atoms with Gasteiger partial charge in [0.05, 0.1) is 5.56 Å². The Morgan fingerprint density at radius 1 is 1.00 bits per heavy atom. The number of hydrogen-bond acceptors (Lipinski definition) is 3. The van der Waals surface area contributed by atoms with Crippen LogP contribution in [0.25, 0.3) is 17.0 Å². The van der Waals surface area contributed by atoms with Gasteiger partial charge in [0.1, 0.15) is 11.3 Å². The van der Waals surface area contributed by atoms with Gasteiger partial charge in [-0.15, -0.1) is 0 Å². The maximum Gasteiger partial charge on any atom is 0.237 e. The van der Waals surface area contributed by atoms with Crippen LogP contribution in [0.3, 0.4) is 0 Å². The molecule has 1 aromatic carbocycles. The Bertz CT molecular complexity index is 617. The monoisotopic (exact) mass is 198 g/mol. The summed E-state index contributed by atoms with van der Waals surface area (Å²) in [7, 11) is 0. The second kappa shape index (κ2) is 2.67. The van der Waals surface area contributed by atoms with Crippen LogP contribution in [-0.4, -0.2) is 11.6 Å². The van der Waals surface area contributed by atoms with Crippen molar-refractivity contribution in [3.63, 3.8) is 0 Å². The lowest BCUT2D eigenvalue weighted by Crippen LogP contribution is -2.14. The zero-order chi connectivity index (χ0) is 10.4. The normalized spacial score (nSPS) is 14.7. The second-order valence-corrected chi connectivity index (χ2v) is 3.36. The largest absolute Gasteiger partial charge is 0.456 e. The maximum absolute atomic E-state index is 11.6. The highest BCUT2D eigenvalue weighted by atomic mass is 16.3. The minimum Gasteiger partial charge on any atom is -0.456 e. The molecule has 0 bridgehead atoms. The first-order chi connectivity index (χ1) is 7.27. The highest BCUT2D eigenvalue weighted by molar-refractivity contribution is 6.51. The van der Waals surface area contributed by atoms with Crippen molar-refractivity contribution >= 4 is 28.6 Å². The smallest absolute Gasteiger partial charge is 0.237 e. The molecule has 72 valence electrons. The first-order valence-corrected chi connectivity index (χ1v) is 4.55. The van der Waals surface area contributed by atoms with Crippen molar-refractivity contribution in [1.82, 2.24) is 0 Å². The van der Waals surface area contributed by atoms with E-state index in [1.54, 1.807) is 18.2 Å². The van der Waals surface area contributed by atoms with Crippen molar-refractivity contribution in [2.24, 2.45) is 0 Å². The minimum absolute atomic E-state index is 0.387. The molecule has 0 saturated carbocycles. The van der Waals surface area contributed by atoms with Crippen LogP contribution in [0.2, 0.25) is 0 Å². The molecule has 1 aliphatic carbocycles. The summed E-state index contributed by atoms with van der Waals surface area (Å²) in [5.41, 5.74) is 1.02. The molecule has 0 N–H and O–H groups in total. The second-order valence-electron chi connectivity index (χ2n) is 3.36. The third-order valence-corrected chi connectivity index (χ3v) is 2.46. The SMILES string of the molecule is O=C1C=Cc2oc3ccccc3c2C1=O. The van der Waals surface area contributed by atoms with E-state index in [0.29, 0.717) is 22.3 Å². The van der Waals surface area contributed by atoms with Crippen molar-refractivity contribution < 1.29 is 14.0 Å². The van der Waals surface area contributed by atoms with Gasteiger partial charge in [-0.05, 0) is 18.2 Å². The van der Waals surface area contributed by atoms with E-state index < -0.39 is 11.6 Å². The molecule has 1 aliphatic rings. The molecule has 0 unspecified atom stereocenters. The Balaban J connectivity index is 2.45. The van der Waals surface area contributed by atoms with Gasteiger partial charge in [-0.1, -0.05) is 18.2 Å². The van der Waals surface area contributed by atoms with E-state index in [4.69, 9.17) is 4.42 Å². The van der Waals surface area contributed by atoms with Crippen molar-refractivity contribution in [3.05, 3.63) is 41.7 Å². The summed E-state index contributed by atoms with van der Waals surface area (Å²) < 4.78 is 5.45. The van der Waals surface area contributed by atoms with E-state index in [0.717, 1.165) is 0 Å². The number of furan rings is 1. The molecule has 1 aromatic heterocycles. The fourth-order valence-corrected chi connectivity index (χ4v) is 1.77. The van der Waals surface area contributed by atoms with E-state index in [1.165, 1.54) is 6.08 Å². The number of benzene rings is 1. The average Bonchev–Trinajstić information content (AvgIpc) is 2.62. The number of carbonyl (C=O) groups excluding carboxylic acids is 2. The first-order valence-electron chi connectivity index (χ1n) is 4.55. The number of hydrogen-bond donors (Lipinski definition) is 0. The quantitative estimate of drug-likeness (QED) is 0.609. The molecule has 0 aliphatic heterocycles. The molecule has 3 heteroatoms. The Hall–Kier alpha value is -2.16. The van der Waals surface area contributed by atoms with Crippen LogP contribution in [0.4, 0.5) is 0 Å². The van der Waals surface area contributed by atoms with E-state index >= 15 is 0 Å². The lowest BCUT2D eigenvalue weighted by Gasteiger charge is -2.00. The average molecular weight is 198 g/mol. The third kappa shape index (κ3) is 1.00. The summed E-state index contributed by atoms with van der Waals surface area (Å²) in [5, 5.41) is 0.704. The van der Waals surface area contributed by atoms with Crippen molar-refractivity contribution in [2.45, 2.75) is 0 Å². The fourth-order valence-electron chi connectivity index (χ4n) is 1.77. The van der Waals surface area contributed by atoms with Crippen molar-refractivity contribution in [3.8, 4) is 0 Å². The predicted octanol–water partition coefficient (Wildman–Crippen LogP) is 2.21. The summed E-state index contributed by atoms with van der Waals surface area (Å²) in [6, 6.07) is 7.20. The zero-order valence-corrected chi connectivity index (χ0v) is 7.69. The van der Waals surface area contributed by atoms with Crippen LogP contribution in [0.15, 0.2) is 34.8 Å². The van der Waals surface area contributed by atoms with E-state index in [1.807, 2.05) is 12.1 Å². The predicted molar refractivity (Wildman–Crippen MR) is 54.6 cm³/mol. The molecule has 2 aromatic rings. The maximum atomic E-state index is 11.6. The summed E-state index contributed by atoms with van der Waals surface area (Å²) in [5.74, 6) is -0.507. The van der Waals surface area contributed by atoms with Gasteiger partial charge >= 0.3 is 0 Å². The summed E-state index contributed by atoms with van der Waals surface area (Å²) in [6.07, 6.45) is 2.78. The Labute approximate surface area is 85.0 Å². The molecule has 0 atom stereocenters. The van der Waals surface area contributed by atoms with Gasteiger partial charge in [0.15, 0.2) is 0 Å². The van der Waals surface area contributed by atoms with Crippen molar-refractivity contribution in [1.29, 1.82) is 0 Å². The molecule has 0 spiro atoms. The number of ketones is 2. The molecule has 0 radical (unpaired) electrons. The summed E-state index contributed by atoms with van der Waals surface area (Å²) in [4.78, 5) is 22.9. The topological polar surface area (TPSA) is 47.3 Å². The van der Waals surface area contributed by atoms with Crippen molar-refractivity contribution in [2.75, 3.05) is 0 Å². The number of allylic oxidation sites excluding steroid dienone is 1. The lowest BCUT2D eigenvalue weighted by atomic mass is 9.99. The number of rotatable bonds is 0. The molecule has 3 nitrogen and oxygen atoms in total. The molecule has 15 heavy (non-hydrogen) atoms. The van der Waals surface area contributed by atoms with Gasteiger partial charge in [0, 0.05) is 5.39 Å². The van der Waals surface area contributed by atoms with Crippen LogP contribution >= 0.6 is 0 Å². The Kier molecular flexibility index (Phi) is 1.45. The standard InChI is InChI=1S/C12H6O3/c13-8-5-6-10-11(12(8)14)7-3-1-2-4-9(7)15-10/h1-6H. The Morgan fingerprint density at radius 2 is 1.80 bits per heavy atom. The molecule has 3 rings (SSSR count). The van der Waals surface area contributed by atoms with Crippen LogP contribution < -0.4 is 0 Å². The highest BCUT2D eigenvalue weighted by Crippen LogP contribution is 2.29. The van der Waals surface area contributed by atoms with Gasteiger partial charge in [-0.3, -0.25) is 9.59 Å². The Morgan fingerprint density at radius 3 is 2.67 bits per heavy atom. The molecular formula is C12H6O3. The molecule has 0 amide bonds. The molecule has 1 heterocycles. The van der Waals surface area contributed by atoms with Crippen LogP contribution in [0.1, 0.15) is 16.1 Å². The summed E-state index contributed by atoms with van der Waals surface area (Å²) >= 11 is 0. The third-order valence-electron chi connectivity index (χ3n) is 2.46. The summed E-state index contributed by atoms with van der Waals surface area (Å²) in [6.45, 7) is 0. The number of Topliss-reactive ketones (excluding diaryl/α,β-unsaturated/α-hetero) is 1. The minimum atomic E-state index is -0.492. The van der Waals surface area contributed by atoms with Crippen LogP contribution in [-0.2, 0) is 4.79 Å². The molecule has 0 fully saturated rings. The number of fused-ring (bicyclic) bond motifs is 3.